The van der Waals surface area contributed by atoms with Crippen molar-refractivity contribution < 1.29 is 4.79 Å². The molecule has 3 N–H and O–H groups in total. The van der Waals surface area contributed by atoms with Crippen LogP contribution in [0.5, 0.6) is 0 Å². The van der Waals surface area contributed by atoms with Crippen molar-refractivity contribution in [1.82, 2.24) is 14.9 Å². The van der Waals surface area contributed by atoms with Gasteiger partial charge in [-0.3, -0.25) is 14.2 Å². The molecule has 0 spiro atoms. The molecule has 0 saturated heterocycles. The molecule has 0 aromatic carbocycles. The van der Waals surface area contributed by atoms with Crippen LogP contribution in [0.1, 0.15) is 10.4 Å². The fraction of sp³-hybridized carbons (Fsp3) is 0.417. The number of fused-ring (bicyclic) bond motifs is 1. The van der Waals surface area contributed by atoms with Crippen LogP contribution in [-0.4, -0.2) is 28.5 Å². The Hall–Kier alpha value is -1.73. The first kappa shape index (κ1) is 13.7. The average Bonchev–Trinajstić information content (AvgIpc) is 2.67. The third-order valence-electron chi connectivity index (χ3n) is 2.94. The van der Waals surface area contributed by atoms with E-state index in [-0.39, 0.29) is 18.0 Å². The second-order valence-corrected chi connectivity index (χ2v) is 5.48. The summed E-state index contributed by atoms with van der Waals surface area (Å²) in [5.74, 6) is -0.238. The molecule has 0 unspecified atom stereocenters. The summed E-state index contributed by atoms with van der Waals surface area (Å²) in [6.07, 6.45) is 1.42. The minimum Gasteiger partial charge on any atom is -0.353 e. The monoisotopic (exact) mass is 280 g/mol. The standard InChI is InChI=1S/C12H16N4O2S/c1-7-8(2)19-11-10(7)12(18)16(6-15-11)5-9(17)14-4-3-13/h6H,3-5,13H2,1-2H3,(H,14,17). The van der Waals surface area contributed by atoms with Crippen LogP contribution in [-0.2, 0) is 11.3 Å². The van der Waals surface area contributed by atoms with Gasteiger partial charge in [0.05, 0.1) is 11.7 Å². The van der Waals surface area contributed by atoms with E-state index in [9.17, 15) is 9.59 Å². The van der Waals surface area contributed by atoms with Gasteiger partial charge in [0.1, 0.15) is 11.4 Å². The van der Waals surface area contributed by atoms with Crippen molar-refractivity contribution in [2.24, 2.45) is 5.73 Å². The lowest BCUT2D eigenvalue weighted by Gasteiger charge is -2.06. The van der Waals surface area contributed by atoms with Gasteiger partial charge < -0.3 is 11.1 Å². The molecular formula is C12H16N4O2S. The number of carbonyl (C=O) groups is 1. The van der Waals surface area contributed by atoms with E-state index >= 15 is 0 Å². The van der Waals surface area contributed by atoms with Crippen molar-refractivity contribution >= 4 is 27.5 Å². The lowest BCUT2D eigenvalue weighted by Crippen LogP contribution is -2.35. The largest absolute Gasteiger partial charge is 0.353 e. The molecule has 2 heterocycles. The van der Waals surface area contributed by atoms with Gasteiger partial charge in [0.25, 0.3) is 5.56 Å². The fourth-order valence-corrected chi connectivity index (χ4v) is 2.79. The lowest BCUT2D eigenvalue weighted by atomic mass is 10.2. The lowest BCUT2D eigenvalue weighted by molar-refractivity contribution is -0.121. The molecule has 0 bridgehead atoms. The first-order chi connectivity index (χ1) is 9.04. The van der Waals surface area contributed by atoms with Crippen molar-refractivity contribution in [2.45, 2.75) is 20.4 Å². The number of amides is 1. The van der Waals surface area contributed by atoms with Crippen LogP contribution in [0.15, 0.2) is 11.1 Å². The summed E-state index contributed by atoms with van der Waals surface area (Å²) >= 11 is 1.49. The number of aryl methyl sites for hydroxylation is 2. The summed E-state index contributed by atoms with van der Waals surface area (Å²) in [4.78, 5) is 29.9. The molecule has 2 aromatic heterocycles. The molecular weight excluding hydrogens is 264 g/mol. The van der Waals surface area contributed by atoms with Crippen molar-refractivity contribution in [1.29, 1.82) is 0 Å². The molecule has 7 heteroatoms. The molecule has 2 rings (SSSR count). The summed E-state index contributed by atoms with van der Waals surface area (Å²) in [7, 11) is 0. The number of aromatic nitrogens is 2. The Labute approximate surface area is 114 Å². The van der Waals surface area contributed by atoms with Gasteiger partial charge in [-0.05, 0) is 19.4 Å². The van der Waals surface area contributed by atoms with Crippen LogP contribution in [0, 0.1) is 13.8 Å². The van der Waals surface area contributed by atoms with Gasteiger partial charge in [0, 0.05) is 18.0 Å². The molecule has 102 valence electrons. The molecule has 1 amide bonds. The van der Waals surface area contributed by atoms with Gasteiger partial charge >= 0.3 is 0 Å². The van der Waals surface area contributed by atoms with Crippen LogP contribution in [0.3, 0.4) is 0 Å². The van der Waals surface area contributed by atoms with Gasteiger partial charge in [-0.2, -0.15) is 0 Å². The second kappa shape index (κ2) is 5.50. The van der Waals surface area contributed by atoms with Crippen molar-refractivity contribution in [3.63, 3.8) is 0 Å². The molecule has 0 aliphatic carbocycles. The zero-order chi connectivity index (χ0) is 14.0. The van der Waals surface area contributed by atoms with Gasteiger partial charge in [-0.25, -0.2) is 4.98 Å². The molecule has 2 aromatic rings. The molecule has 0 aliphatic heterocycles. The van der Waals surface area contributed by atoms with Gasteiger partial charge in [0.2, 0.25) is 5.91 Å². The number of hydrogen-bond acceptors (Lipinski definition) is 5. The summed E-state index contributed by atoms with van der Waals surface area (Å²) < 4.78 is 1.33. The predicted molar refractivity (Wildman–Crippen MR) is 75.4 cm³/mol. The first-order valence-electron chi connectivity index (χ1n) is 5.96. The third-order valence-corrected chi connectivity index (χ3v) is 4.05. The number of nitrogens with zero attached hydrogens (tertiary/aromatic N) is 2. The van der Waals surface area contributed by atoms with E-state index in [1.165, 1.54) is 22.2 Å². The average molecular weight is 280 g/mol. The maximum Gasteiger partial charge on any atom is 0.262 e. The number of hydrogen-bond donors (Lipinski definition) is 2. The molecule has 0 radical (unpaired) electrons. The topological polar surface area (TPSA) is 90.0 Å². The molecule has 0 saturated carbocycles. The van der Waals surface area contributed by atoms with Crippen molar-refractivity contribution in [3.05, 3.63) is 27.1 Å². The highest BCUT2D eigenvalue weighted by atomic mass is 32.1. The van der Waals surface area contributed by atoms with Crippen molar-refractivity contribution in [3.8, 4) is 0 Å². The molecule has 0 fully saturated rings. The highest BCUT2D eigenvalue weighted by molar-refractivity contribution is 7.18. The van der Waals surface area contributed by atoms with Gasteiger partial charge in [0.15, 0.2) is 0 Å². The van der Waals surface area contributed by atoms with Gasteiger partial charge in [-0.1, -0.05) is 0 Å². The zero-order valence-corrected chi connectivity index (χ0v) is 11.7. The van der Waals surface area contributed by atoms with Crippen LogP contribution >= 0.6 is 11.3 Å². The summed E-state index contributed by atoms with van der Waals surface area (Å²) in [6, 6.07) is 0. The number of nitrogens with two attached hydrogens (primary N) is 1. The smallest absolute Gasteiger partial charge is 0.262 e. The molecule has 0 aliphatic rings. The Kier molecular flexibility index (Phi) is 3.96. The van der Waals surface area contributed by atoms with Gasteiger partial charge in [-0.15, -0.1) is 11.3 Å². The maximum atomic E-state index is 12.3. The third kappa shape index (κ3) is 2.66. The normalized spacial score (nSPS) is 10.9. The Bertz CT molecular complexity index is 674. The van der Waals surface area contributed by atoms with Crippen LogP contribution in [0.4, 0.5) is 0 Å². The summed E-state index contributed by atoms with van der Waals surface area (Å²) in [6.45, 7) is 4.60. The second-order valence-electron chi connectivity index (χ2n) is 4.28. The minimum atomic E-state index is -0.238. The van der Waals surface area contributed by atoms with E-state index in [0.717, 1.165) is 15.3 Å². The van der Waals surface area contributed by atoms with E-state index in [1.807, 2.05) is 13.8 Å². The molecule has 19 heavy (non-hydrogen) atoms. The van der Waals surface area contributed by atoms with Crippen molar-refractivity contribution in [2.75, 3.05) is 13.1 Å². The Balaban J connectivity index is 2.35. The Morgan fingerprint density at radius 1 is 1.53 bits per heavy atom. The van der Waals surface area contributed by atoms with E-state index in [1.54, 1.807) is 0 Å². The minimum absolute atomic E-state index is 0.0316. The predicted octanol–water partition coefficient (Wildman–Crippen LogP) is 0.150. The number of carbonyl (C=O) groups excluding carboxylic acids is 1. The van der Waals surface area contributed by atoms with Crippen LogP contribution in [0.25, 0.3) is 10.2 Å². The zero-order valence-electron chi connectivity index (χ0n) is 10.9. The Morgan fingerprint density at radius 2 is 2.26 bits per heavy atom. The van der Waals surface area contributed by atoms with E-state index in [0.29, 0.717) is 18.5 Å². The van der Waals surface area contributed by atoms with E-state index < -0.39 is 0 Å². The Morgan fingerprint density at radius 3 is 2.95 bits per heavy atom. The SMILES string of the molecule is Cc1sc2ncn(CC(=O)NCCN)c(=O)c2c1C. The maximum absolute atomic E-state index is 12.3. The van der Waals surface area contributed by atoms with E-state index in [2.05, 4.69) is 10.3 Å². The van der Waals surface area contributed by atoms with E-state index in [4.69, 9.17) is 5.73 Å². The number of thiophene rings is 1. The summed E-state index contributed by atoms with van der Waals surface area (Å²) in [5, 5.41) is 3.24. The van der Waals surface area contributed by atoms with Crippen LogP contribution in [0.2, 0.25) is 0 Å². The first-order valence-corrected chi connectivity index (χ1v) is 6.78. The molecule has 0 atom stereocenters. The van der Waals surface area contributed by atoms with Crippen LogP contribution < -0.4 is 16.6 Å². The quantitative estimate of drug-likeness (QED) is 0.834. The highest BCUT2D eigenvalue weighted by Crippen LogP contribution is 2.25. The number of rotatable bonds is 4. The summed E-state index contributed by atoms with van der Waals surface area (Å²) in [5.41, 5.74) is 6.07. The fourth-order valence-electron chi connectivity index (χ4n) is 1.80. The molecule has 6 nitrogen and oxygen atoms in total. The highest BCUT2D eigenvalue weighted by Gasteiger charge is 2.13. The number of nitrogens with one attached hydrogen (secondary N) is 1.